The molecule has 1 unspecified atom stereocenters. The lowest BCUT2D eigenvalue weighted by atomic mass is 10.1. The molecule has 90 valence electrons. The Bertz CT molecular complexity index is 519. The largest absolute Gasteiger partial charge is 0.466 e. The van der Waals surface area contributed by atoms with E-state index < -0.39 is 0 Å². The summed E-state index contributed by atoms with van der Waals surface area (Å²) < 4.78 is 5.53. The minimum Gasteiger partial charge on any atom is -0.466 e. The van der Waals surface area contributed by atoms with Gasteiger partial charge in [0, 0.05) is 18.0 Å². The Balaban J connectivity index is 2.20. The molecule has 0 saturated carbocycles. The molecular weight excluding hydrogens is 214 g/mol. The first-order valence-corrected chi connectivity index (χ1v) is 5.69. The van der Waals surface area contributed by atoms with Crippen LogP contribution in [0.3, 0.4) is 0 Å². The molecule has 0 fully saturated rings. The lowest BCUT2D eigenvalue weighted by Crippen LogP contribution is -2.09. The molecule has 2 heterocycles. The number of aromatic nitrogens is 2. The van der Waals surface area contributed by atoms with Gasteiger partial charge in [-0.25, -0.2) is 4.98 Å². The lowest BCUT2D eigenvalue weighted by Gasteiger charge is -2.14. The maximum atomic E-state index is 5.53. The zero-order valence-corrected chi connectivity index (χ0v) is 10.6. The van der Waals surface area contributed by atoms with E-state index in [4.69, 9.17) is 4.42 Å². The third-order valence-electron chi connectivity index (χ3n) is 2.78. The summed E-state index contributed by atoms with van der Waals surface area (Å²) in [6.07, 6.45) is 3.38. The van der Waals surface area contributed by atoms with E-state index in [0.29, 0.717) is 0 Å². The number of nitrogens with one attached hydrogen (secondary N) is 1. The van der Waals surface area contributed by atoms with Crippen molar-refractivity contribution in [3.63, 3.8) is 0 Å². The van der Waals surface area contributed by atoms with Gasteiger partial charge in [0.05, 0.1) is 11.7 Å². The van der Waals surface area contributed by atoms with Crippen LogP contribution in [0, 0.1) is 20.8 Å². The third kappa shape index (κ3) is 2.46. The zero-order valence-electron chi connectivity index (χ0n) is 10.6. The van der Waals surface area contributed by atoms with E-state index in [1.165, 1.54) is 0 Å². The molecule has 0 aliphatic heterocycles. The minimum atomic E-state index is 0.155. The monoisotopic (exact) mass is 231 g/mol. The summed E-state index contributed by atoms with van der Waals surface area (Å²) in [5, 5.41) is 3.35. The summed E-state index contributed by atoms with van der Waals surface area (Å²) in [6, 6.07) is 2.21. The number of hydrogen-bond acceptors (Lipinski definition) is 4. The Hall–Kier alpha value is -1.84. The highest BCUT2D eigenvalue weighted by molar-refractivity contribution is 5.42. The van der Waals surface area contributed by atoms with E-state index in [0.717, 1.165) is 28.6 Å². The van der Waals surface area contributed by atoms with Crippen LogP contribution in [0.25, 0.3) is 0 Å². The third-order valence-corrected chi connectivity index (χ3v) is 2.78. The second kappa shape index (κ2) is 4.57. The number of aryl methyl sites for hydroxylation is 3. The average molecular weight is 231 g/mol. The van der Waals surface area contributed by atoms with E-state index in [-0.39, 0.29) is 6.04 Å². The zero-order chi connectivity index (χ0) is 12.4. The SMILES string of the molecule is Cc1cc(C(C)Nc2nccnc2C)c(C)o1. The van der Waals surface area contributed by atoms with Gasteiger partial charge in [-0.05, 0) is 33.8 Å². The Morgan fingerprint density at radius 3 is 2.47 bits per heavy atom. The molecule has 0 spiro atoms. The van der Waals surface area contributed by atoms with Gasteiger partial charge in [-0.2, -0.15) is 0 Å². The van der Waals surface area contributed by atoms with Crippen molar-refractivity contribution in [2.24, 2.45) is 0 Å². The Morgan fingerprint density at radius 2 is 1.88 bits per heavy atom. The normalized spacial score (nSPS) is 12.5. The molecule has 17 heavy (non-hydrogen) atoms. The van der Waals surface area contributed by atoms with Gasteiger partial charge < -0.3 is 9.73 Å². The highest BCUT2D eigenvalue weighted by atomic mass is 16.3. The van der Waals surface area contributed by atoms with E-state index in [2.05, 4.69) is 28.3 Å². The smallest absolute Gasteiger partial charge is 0.147 e. The molecule has 2 rings (SSSR count). The summed E-state index contributed by atoms with van der Waals surface area (Å²) in [4.78, 5) is 8.48. The van der Waals surface area contributed by atoms with Crippen LogP contribution >= 0.6 is 0 Å². The molecule has 0 radical (unpaired) electrons. The summed E-state index contributed by atoms with van der Waals surface area (Å²) in [6.45, 7) is 7.96. The first kappa shape index (κ1) is 11.6. The molecule has 0 bridgehead atoms. The van der Waals surface area contributed by atoms with Gasteiger partial charge in [-0.3, -0.25) is 4.98 Å². The first-order valence-electron chi connectivity index (χ1n) is 5.69. The molecule has 1 atom stereocenters. The predicted molar refractivity (Wildman–Crippen MR) is 67.0 cm³/mol. The molecular formula is C13H17N3O. The fourth-order valence-electron chi connectivity index (χ4n) is 1.91. The van der Waals surface area contributed by atoms with Crippen molar-refractivity contribution < 1.29 is 4.42 Å². The molecule has 0 aliphatic rings. The summed E-state index contributed by atoms with van der Waals surface area (Å²) in [5.41, 5.74) is 2.06. The number of furan rings is 1. The maximum Gasteiger partial charge on any atom is 0.147 e. The van der Waals surface area contributed by atoms with E-state index in [1.807, 2.05) is 20.8 Å². The van der Waals surface area contributed by atoms with Gasteiger partial charge >= 0.3 is 0 Å². The van der Waals surface area contributed by atoms with Crippen LogP contribution in [-0.2, 0) is 0 Å². The first-order chi connectivity index (χ1) is 8.08. The van der Waals surface area contributed by atoms with Gasteiger partial charge in [-0.1, -0.05) is 0 Å². The molecule has 0 amide bonds. The predicted octanol–water partition coefficient (Wildman–Crippen LogP) is 3.17. The number of anilines is 1. The second-order valence-electron chi connectivity index (χ2n) is 4.22. The van der Waals surface area contributed by atoms with Crippen molar-refractivity contribution >= 4 is 5.82 Å². The maximum absolute atomic E-state index is 5.53. The summed E-state index contributed by atoms with van der Waals surface area (Å²) >= 11 is 0. The van der Waals surface area contributed by atoms with Crippen molar-refractivity contribution in [2.75, 3.05) is 5.32 Å². The standard InChI is InChI=1S/C13H17N3O/c1-8-7-12(11(4)17-8)9(2)16-13-10(3)14-5-6-15-13/h5-7,9H,1-4H3,(H,15,16). The van der Waals surface area contributed by atoms with Gasteiger partial charge in [0.15, 0.2) is 0 Å². The van der Waals surface area contributed by atoms with Crippen molar-refractivity contribution in [1.29, 1.82) is 0 Å². The van der Waals surface area contributed by atoms with Gasteiger partial charge in [0.25, 0.3) is 0 Å². The van der Waals surface area contributed by atoms with Crippen molar-refractivity contribution in [3.8, 4) is 0 Å². The van der Waals surface area contributed by atoms with E-state index in [1.54, 1.807) is 12.4 Å². The van der Waals surface area contributed by atoms with Crippen LogP contribution in [0.2, 0.25) is 0 Å². The molecule has 0 saturated heterocycles. The van der Waals surface area contributed by atoms with Crippen LogP contribution in [0.4, 0.5) is 5.82 Å². The van der Waals surface area contributed by atoms with Crippen LogP contribution in [-0.4, -0.2) is 9.97 Å². The summed E-state index contributed by atoms with van der Waals surface area (Å²) in [5.74, 6) is 2.70. The number of nitrogens with zero attached hydrogens (tertiary/aromatic N) is 2. The van der Waals surface area contributed by atoms with Crippen molar-refractivity contribution in [3.05, 3.63) is 41.2 Å². The van der Waals surface area contributed by atoms with Crippen molar-refractivity contribution in [1.82, 2.24) is 9.97 Å². The van der Waals surface area contributed by atoms with Crippen LogP contribution in [0.15, 0.2) is 22.9 Å². The molecule has 1 N–H and O–H groups in total. The minimum absolute atomic E-state index is 0.155. The van der Waals surface area contributed by atoms with Crippen LogP contribution in [0.1, 0.15) is 35.7 Å². The fraction of sp³-hybridized carbons (Fsp3) is 0.385. The molecule has 2 aromatic rings. The Kier molecular flexibility index (Phi) is 3.13. The fourth-order valence-corrected chi connectivity index (χ4v) is 1.91. The topological polar surface area (TPSA) is 51.0 Å². The van der Waals surface area contributed by atoms with Gasteiger partial charge in [-0.15, -0.1) is 0 Å². The van der Waals surface area contributed by atoms with Crippen molar-refractivity contribution in [2.45, 2.75) is 33.7 Å². The highest BCUT2D eigenvalue weighted by Crippen LogP contribution is 2.24. The van der Waals surface area contributed by atoms with Crippen LogP contribution in [0.5, 0.6) is 0 Å². The molecule has 0 aromatic carbocycles. The molecule has 4 nitrogen and oxygen atoms in total. The van der Waals surface area contributed by atoms with Gasteiger partial charge in [0.1, 0.15) is 17.3 Å². The summed E-state index contributed by atoms with van der Waals surface area (Å²) in [7, 11) is 0. The van der Waals surface area contributed by atoms with E-state index >= 15 is 0 Å². The number of rotatable bonds is 3. The Morgan fingerprint density at radius 1 is 1.18 bits per heavy atom. The van der Waals surface area contributed by atoms with Crippen LogP contribution < -0.4 is 5.32 Å². The molecule has 2 aromatic heterocycles. The Labute approximate surface area is 101 Å². The van der Waals surface area contributed by atoms with Gasteiger partial charge in [0.2, 0.25) is 0 Å². The highest BCUT2D eigenvalue weighted by Gasteiger charge is 2.13. The lowest BCUT2D eigenvalue weighted by molar-refractivity contribution is 0.499. The molecule has 4 heteroatoms. The average Bonchev–Trinajstić information content (AvgIpc) is 2.61. The van der Waals surface area contributed by atoms with E-state index in [9.17, 15) is 0 Å². The number of hydrogen-bond donors (Lipinski definition) is 1. The molecule has 0 aliphatic carbocycles. The second-order valence-corrected chi connectivity index (χ2v) is 4.22. The quantitative estimate of drug-likeness (QED) is 0.881.